The predicted molar refractivity (Wildman–Crippen MR) is 127 cm³/mol. The van der Waals surface area contributed by atoms with Crippen molar-refractivity contribution in [1.82, 2.24) is 14.9 Å². The fourth-order valence-electron chi connectivity index (χ4n) is 3.23. The van der Waals surface area contributed by atoms with Crippen molar-refractivity contribution >= 4 is 17.7 Å². The molecule has 0 aliphatic carbocycles. The summed E-state index contributed by atoms with van der Waals surface area (Å²) in [4.78, 5) is 21.7. The number of hydrogen-bond acceptors (Lipinski definition) is 5. The van der Waals surface area contributed by atoms with Crippen molar-refractivity contribution in [3.63, 3.8) is 0 Å². The summed E-state index contributed by atoms with van der Waals surface area (Å²) in [5.74, 6) is 2.46. The third kappa shape index (κ3) is 7.35. The summed E-state index contributed by atoms with van der Waals surface area (Å²) in [5.41, 5.74) is 4.56. The van der Waals surface area contributed by atoms with E-state index in [4.69, 9.17) is 0 Å². The van der Waals surface area contributed by atoms with Crippen LogP contribution in [0.25, 0.3) is 0 Å². The van der Waals surface area contributed by atoms with E-state index in [1.165, 1.54) is 16.7 Å². The van der Waals surface area contributed by atoms with Crippen LogP contribution in [0.4, 0.5) is 5.95 Å². The number of anilines is 1. The van der Waals surface area contributed by atoms with Crippen molar-refractivity contribution in [2.24, 2.45) is 0 Å². The molecule has 0 fully saturated rings. The highest BCUT2D eigenvalue weighted by Crippen LogP contribution is 2.14. The SMILES string of the molecule is CN(C)Cc1cccc(CSCCNc2ncc(CCc3ccccc3)c(=O)[nH]2)c1. The minimum absolute atomic E-state index is 0.0613. The van der Waals surface area contributed by atoms with Crippen LogP contribution in [-0.4, -0.2) is 41.3 Å². The summed E-state index contributed by atoms with van der Waals surface area (Å²) in [6.07, 6.45) is 3.22. The summed E-state index contributed by atoms with van der Waals surface area (Å²) in [6, 6.07) is 18.9. The number of aromatic amines is 1. The van der Waals surface area contributed by atoms with E-state index in [0.29, 0.717) is 12.4 Å². The molecular weight excluding hydrogens is 392 g/mol. The van der Waals surface area contributed by atoms with E-state index in [1.54, 1.807) is 6.20 Å². The van der Waals surface area contributed by atoms with Gasteiger partial charge in [0.1, 0.15) is 0 Å². The minimum atomic E-state index is -0.0613. The van der Waals surface area contributed by atoms with Crippen LogP contribution in [0, 0.1) is 0 Å². The first kappa shape index (κ1) is 22.1. The second-order valence-electron chi connectivity index (χ2n) is 7.61. The lowest BCUT2D eigenvalue weighted by atomic mass is 10.1. The van der Waals surface area contributed by atoms with Crippen molar-refractivity contribution in [1.29, 1.82) is 0 Å². The number of nitrogens with zero attached hydrogens (tertiary/aromatic N) is 2. The molecule has 2 aromatic carbocycles. The zero-order chi connectivity index (χ0) is 21.2. The summed E-state index contributed by atoms with van der Waals surface area (Å²) in [6.45, 7) is 1.72. The fraction of sp³-hybridized carbons (Fsp3) is 0.333. The van der Waals surface area contributed by atoms with E-state index in [9.17, 15) is 4.79 Å². The van der Waals surface area contributed by atoms with Gasteiger partial charge in [-0.3, -0.25) is 9.78 Å². The zero-order valence-electron chi connectivity index (χ0n) is 17.7. The Morgan fingerprint density at radius 3 is 2.53 bits per heavy atom. The molecular formula is C24H30N4OS. The molecule has 0 spiro atoms. The van der Waals surface area contributed by atoms with Gasteiger partial charge < -0.3 is 10.2 Å². The van der Waals surface area contributed by atoms with E-state index in [-0.39, 0.29) is 5.56 Å². The van der Waals surface area contributed by atoms with Gasteiger partial charge in [-0.1, -0.05) is 54.6 Å². The highest BCUT2D eigenvalue weighted by atomic mass is 32.2. The monoisotopic (exact) mass is 422 g/mol. The van der Waals surface area contributed by atoms with Crippen LogP contribution in [0.15, 0.2) is 65.6 Å². The number of thioether (sulfide) groups is 1. The van der Waals surface area contributed by atoms with Crippen LogP contribution in [-0.2, 0) is 25.1 Å². The fourth-order valence-corrected chi connectivity index (χ4v) is 4.03. The van der Waals surface area contributed by atoms with Gasteiger partial charge in [-0.25, -0.2) is 4.98 Å². The number of hydrogen-bond donors (Lipinski definition) is 2. The maximum atomic E-state index is 12.3. The minimum Gasteiger partial charge on any atom is -0.355 e. The number of aryl methyl sites for hydroxylation is 2. The van der Waals surface area contributed by atoms with Gasteiger partial charge in [-0.2, -0.15) is 11.8 Å². The Hall–Kier alpha value is -2.57. The molecule has 0 atom stereocenters. The van der Waals surface area contributed by atoms with Crippen molar-refractivity contribution in [3.8, 4) is 0 Å². The number of rotatable bonds is 11. The molecule has 0 radical (unpaired) electrons. The second-order valence-corrected chi connectivity index (χ2v) is 8.71. The summed E-state index contributed by atoms with van der Waals surface area (Å²) >= 11 is 1.87. The van der Waals surface area contributed by atoms with Gasteiger partial charge in [0.25, 0.3) is 5.56 Å². The van der Waals surface area contributed by atoms with Gasteiger partial charge in [-0.15, -0.1) is 0 Å². The molecule has 6 heteroatoms. The number of benzene rings is 2. The molecule has 1 aromatic heterocycles. The van der Waals surface area contributed by atoms with Crippen LogP contribution in [0.3, 0.4) is 0 Å². The highest BCUT2D eigenvalue weighted by molar-refractivity contribution is 7.98. The molecule has 0 saturated carbocycles. The summed E-state index contributed by atoms with van der Waals surface area (Å²) in [7, 11) is 4.17. The van der Waals surface area contributed by atoms with Crippen LogP contribution in [0.1, 0.15) is 22.3 Å². The van der Waals surface area contributed by atoms with Crippen LogP contribution in [0.2, 0.25) is 0 Å². The van der Waals surface area contributed by atoms with Gasteiger partial charge in [0.05, 0.1) is 0 Å². The first-order valence-electron chi connectivity index (χ1n) is 10.3. The number of nitrogens with one attached hydrogen (secondary N) is 2. The van der Waals surface area contributed by atoms with E-state index >= 15 is 0 Å². The molecule has 0 bridgehead atoms. The molecule has 0 unspecified atom stereocenters. The second kappa shape index (κ2) is 11.6. The van der Waals surface area contributed by atoms with Crippen LogP contribution < -0.4 is 10.9 Å². The van der Waals surface area contributed by atoms with E-state index in [0.717, 1.165) is 36.6 Å². The van der Waals surface area contributed by atoms with Gasteiger partial charge >= 0.3 is 0 Å². The molecule has 0 aliphatic rings. The Morgan fingerprint density at radius 2 is 1.77 bits per heavy atom. The normalized spacial score (nSPS) is 11.0. The van der Waals surface area contributed by atoms with Crippen LogP contribution in [0.5, 0.6) is 0 Å². The molecule has 0 amide bonds. The molecule has 0 aliphatic heterocycles. The lowest BCUT2D eigenvalue weighted by Gasteiger charge is -2.11. The lowest BCUT2D eigenvalue weighted by molar-refractivity contribution is 0.402. The van der Waals surface area contributed by atoms with Gasteiger partial charge in [0.15, 0.2) is 0 Å². The standard InChI is InChI=1S/C24H30N4OS/c1-28(2)17-20-9-6-10-21(15-20)18-30-14-13-25-24-26-16-22(23(29)27-24)12-11-19-7-4-3-5-8-19/h3-10,15-16H,11-14,17-18H2,1-2H3,(H2,25,26,27,29). The van der Waals surface area contributed by atoms with Gasteiger partial charge in [-0.05, 0) is 43.6 Å². The Morgan fingerprint density at radius 1 is 1.00 bits per heavy atom. The zero-order valence-corrected chi connectivity index (χ0v) is 18.5. The smallest absolute Gasteiger partial charge is 0.255 e. The van der Waals surface area contributed by atoms with Crippen molar-refractivity contribution in [3.05, 3.63) is 93.4 Å². The molecule has 3 aromatic rings. The Kier molecular flexibility index (Phi) is 8.53. The lowest BCUT2D eigenvalue weighted by Crippen LogP contribution is -2.18. The maximum Gasteiger partial charge on any atom is 0.255 e. The third-order valence-corrected chi connectivity index (χ3v) is 5.73. The van der Waals surface area contributed by atoms with E-state index in [1.807, 2.05) is 30.0 Å². The molecule has 5 nitrogen and oxygen atoms in total. The van der Waals surface area contributed by atoms with E-state index < -0.39 is 0 Å². The average Bonchev–Trinajstić information content (AvgIpc) is 2.73. The molecule has 2 N–H and O–H groups in total. The summed E-state index contributed by atoms with van der Waals surface area (Å²) < 4.78 is 0. The van der Waals surface area contributed by atoms with Gasteiger partial charge in [0, 0.05) is 36.4 Å². The van der Waals surface area contributed by atoms with Crippen molar-refractivity contribution in [2.45, 2.75) is 25.1 Å². The average molecular weight is 423 g/mol. The molecule has 158 valence electrons. The first-order valence-corrected chi connectivity index (χ1v) is 11.4. The molecule has 1 heterocycles. The Bertz CT molecular complexity index is 972. The van der Waals surface area contributed by atoms with Crippen molar-refractivity contribution in [2.75, 3.05) is 31.7 Å². The van der Waals surface area contributed by atoms with E-state index in [2.05, 4.69) is 70.7 Å². The topological polar surface area (TPSA) is 61.0 Å². The first-order chi connectivity index (χ1) is 14.6. The number of H-pyrrole nitrogens is 1. The Labute approximate surface area is 182 Å². The largest absolute Gasteiger partial charge is 0.355 e. The molecule has 0 saturated heterocycles. The predicted octanol–water partition coefficient (Wildman–Crippen LogP) is 3.96. The molecule has 3 rings (SSSR count). The summed E-state index contributed by atoms with van der Waals surface area (Å²) in [5, 5.41) is 3.22. The maximum absolute atomic E-state index is 12.3. The van der Waals surface area contributed by atoms with Gasteiger partial charge in [0.2, 0.25) is 5.95 Å². The third-order valence-electron chi connectivity index (χ3n) is 4.70. The highest BCUT2D eigenvalue weighted by Gasteiger charge is 2.04. The Balaban J connectivity index is 1.40. The quantitative estimate of drug-likeness (QED) is 0.458. The molecule has 30 heavy (non-hydrogen) atoms. The van der Waals surface area contributed by atoms with Crippen molar-refractivity contribution < 1.29 is 0 Å². The number of aromatic nitrogens is 2. The van der Waals surface area contributed by atoms with Crippen LogP contribution >= 0.6 is 11.8 Å².